The summed E-state index contributed by atoms with van der Waals surface area (Å²) < 4.78 is 0. The van der Waals surface area contributed by atoms with E-state index in [1.165, 1.54) is 86.0 Å². The summed E-state index contributed by atoms with van der Waals surface area (Å²) in [4.78, 5) is 43.4. The number of hydrogen-bond acceptors (Lipinski definition) is 6. The first kappa shape index (κ1) is 66.5. The summed E-state index contributed by atoms with van der Waals surface area (Å²) in [5.41, 5.74) is 17.7. The zero-order valence-corrected chi connectivity index (χ0v) is 50.4. The molecule has 6 nitrogen and oxygen atoms in total. The van der Waals surface area contributed by atoms with Crippen molar-refractivity contribution >= 4 is 17.2 Å². The van der Waals surface area contributed by atoms with Crippen LogP contribution in [0, 0.1) is 0 Å². The molecule has 0 amide bonds. The van der Waals surface area contributed by atoms with E-state index in [-0.39, 0.29) is 43.3 Å². The van der Waals surface area contributed by atoms with Gasteiger partial charge in [0.1, 0.15) is 0 Å². The Morgan fingerprint density at radius 3 is 0.406 bits per heavy atom. The lowest BCUT2D eigenvalue weighted by atomic mass is 9.76. The van der Waals surface area contributed by atoms with Gasteiger partial charge in [-0.2, -0.15) is 0 Å². The smallest absolute Gasteiger partial charge is 0.324 e. The van der Waals surface area contributed by atoms with Crippen molar-refractivity contribution in [3.05, 3.63) is 117 Å². The summed E-state index contributed by atoms with van der Waals surface area (Å²) >= 11 is 0. The molecule has 0 aliphatic rings. The maximum atomic E-state index is 7.23. The molecular weight excluding hydrogens is 891 g/mol. The van der Waals surface area contributed by atoms with Crippen molar-refractivity contribution in [1.82, 2.24) is 0 Å². The lowest BCUT2D eigenvalue weighted by Gasteiger charge is -2.28. The number of unbranched alkanes of at least 4 members (excludes halogenated alkanes) is 2. The quantitative estimate of drug-likeness (QED) is 0.113. The van der Waals surface area contributed by atoms with Crippen LogP contribution in [0.3, 0.4) is 0 Å². The topological polar surface area (TPSA) is 121 Å². The van der Waals surface area contributed by atoms with E-state index >= 15 is 0 Å². The van der Waals surface area contributed by atoms with Crippen molar-refractivity contribution in [2.24, 2.45) is 0 Å². The van der Waals surface area contributed by atoms with Gasteiger partial charge >= 0.3 is 17.2 Å². The molecule has 4 aromatic carbocycles. The molecule has 0 radical (unpaired) electrons. The predicted octanol–water partition coefficient (Wildman–Crippen LogP) is 17.7. The second-order valence-corrected chi connectivity index (χ2v) is 28.2. The molecule has 0 aliphatic carbocycles. The summed E-state index contributed by atoms with van der Waals surface area (Å²) in [7, 11) is -5.24. The van der Waals surface area contributed by atoms with Crippen LogP contribution in [0.5, 0.6) is 0 Å². The molecule has 4 aromatic rings. The molecule has 0 unspecified atom stereocenters. The second-order valence-electron chi connectivity index (χ2n) is 27.1. The van der Waals surface area contributed by atoms with Crippen LogP contribution in [0.25, 0.3) is 22.3 Å². The van der Waals surface area contributed by atoms with Crippen LogP contribution < -0.4 is 0 Å². The maximum Gasteiger partial charge on any atom is 0.324 e. The number of benzene rings is 4. The van der Waals surface area contributed by atoms with Crippen LogP contribution in [-0.4, -0.2) is 29.4 Å². The fourth-order valence-corrected chi connectivity index (χ4v) is 6.99. The molecule has 0 fully saturated rings. The van der Waals surface area contributed by atoms with Gasteiger partial charge in [-0.1, -0.05) is 272 Å². The van der Waals surface area contributed by atoms with Crippen LogP contribution in [0.4, 0.5) is 0 Å². The molecular formula is C61H102O6P2. The Hall–Kier alpha value is -2.50. The SMILES string of the molecule is CC(C)(C)c1cc(-c2cc(C(C)(C)C)cc(C(C)(C)C)c2)cc(C(C)(C)C)c1.CC(C)(C)c1cc(-c2cc(C(C)(C)C)cc(C(C)(C)C)c2)cc(C(C)(C)C)c1.CCCCC.OP(O)O.OP(O)O. The lowest BCUT2D eigenvalue weighted by Crippen LogP contribution is -2.18. The summed E-state index contributed by atoms with van der Waals surface area (Å²) in [6, 6.07) is 28.9. The maximum absolute atomic E-state index is 7.23. The minimum atomic E-state index is -2.62. The zero-order valence-electron chi connectivity index (χ0n) is 48.6. The fraction of sp³-hybridized carbons (Fsp3) is 0.607. The molecule has 0 heterocycles. The van der Waals surface area contributed by atoms with Crippen LogP contribution in [-0.2, 0) is 43.3 Å². The summed E-state index contributed by atoms with van der Waals surface area (Å²) in [6.45, 7) is 59.9. The van der Waals surface area contributed by atoms with E-state index in [1.54, 1.807) is 0 Å². The minimum absolute atomic E-state index is 0.129. The highest BCUT2D eigenvalue weighted by Gasteiger charge is 2.26. The Balaban J connectivity index is 0.00000107. The zero-order chi connectivity index (χ0) is 54.7. The van der Waals surface area contributed by atoms with Gasteiger partial charge in [-0.05, 0) is 110 Å². The van der Waals surface area contributed by atoms with Crippen molar-refractivity contribution in [2.45, 2.75) is 243 Å². The Kier molecular flexibility index (Phi) is 25.0. The Bertz CT molecular complexity index is 1730. The Labute approximate surface area is 426 Å². The van der Waals surface area contributed by atoms with Crippen molar-refractivity contribution < 1.29 is 29.4 Å². The first-order valence-electron chi connectivity index (χ1n) is 25.0. The van der Waals surface area contributed by atoms with Crippen LogP contribution in [0.1, 0.15) is 244 Å². The van der Waals surface area contributed by atoms with Crippen molar-refractivity contribution in [2.75, 3.05) is 0 Å². The number of hydrogen-bond donors (Lipinski definition) is 6. The van der Waals surface area contributed by atoms with E-state index in [4.69, 9.17) is 29.4 Å². The van der Waals surface area contributed by atoms with Crippen LogP contribution in [0.15, 0.2) is 72.8 Å². The van der Waals surface area contributed by atoms with Gasteiger partial charge in [-0.25, -0.2) is 0 Å². The molecule has 0 saturated heterocycles. The minimum Gasteiger partial charge on any atom is -0.328 e. The molecule has 0 spiro atoms. The number of rotatable bonds is 4. The van der Waals surface area contributed by atoms with Gasteiger partial charge in [-0.15, -0.1) is 0 Å². The van der Waals surface area contributed by atoms with E-state index in [0.717, 1.165) is 0 Å². The largest absolute Gasteiger partial charge is 0.328 e. The molecule has 0 aliphatic heterocycles. The normalized spacial score (nSPS) is 12.8. The fourth-order valence-electron chi connectivity index (χ4n) is 6.99. The van der Waals surface area contributed by atoms with E-state index in [0.29, 0.717) is 0 Å². The third-order valence-electron chi connectivity index (χ3n) is 12.0. The van der Waals surface area contributed by atoms with Crippen molar-refractivity contribution in [3.8, 4) is 22.3 Å². The van der Waals surface area contributed by atoms with E-state index in [1.807, 2.05) is 0 Å². The average molecular weight is 993 g/mol. The van der Waals surface area contributed by atoms with Gasteiger partial charge in [0.15, 0.2) is 0 Å². The average Bonchev–Trinajstić information content (AvgIpc) is 3.15. The van der Waals surface area contributed by atoms with Gasteiger partial charge in [0.2, 0.25) is 0 Å². The van der Waals surface area contributed by atoms with Gasteiger partial charge in [0, 0.05) is 0 Å². The molecule has 0 atom stereocenters. The monoisotopic (exact) mass is 993 g/mol. The highest BCUT2D eigenvalue weighted by molar-refractivity contribution is 7.38. The Morgan fingerprint density at radius 1 is 0.246 bits per heavy atom. The molecule has 0 bridgehead atoms. The van der Waals surface area contributed by atoms with E-state index in [2.05, 4.69) is 253 Å². The summed E-state index contributed by atoms with van der Waals surface area (Å²) in [5, 5.41) is 0. The van der Waals surface area contributed by atoms with E-state index < -0.39 is 17.2 Å². The predicted molar refractivity (Wildman–Crippen MR) is 306 cm³/mol. The highest BCUT2D eigenvalue weighted by atomic mass is 31.2. The molecule has 69 heavy (non-hydrogen) atoms. The highest BCUT2D eigenvalue weighted by Crippen LogP contribution is 2.40. The molecule has 8 heteroatoms. The van der Waals surface area contributed by atoms with Crippen molar-refractivity contribution in [1.29, 1.82) is 0 Å². The van der Waals surface area contributed by atoms with Gasteiger partial charge in [0.25, 0.3) is 0 Å². The lowest BCUT2D eigenvalue weighted by molar-refractivity contribution is 0.366. The molecule has 4 rings (SSSR count). The summed E-state index contributed by atoms with van der Waals surface area (Å²) in [6.07, 6.45) is 4.08. The van der Waals surface area contributed by atoms with Gasteiger partial charge in [0.05, 0.1) is 0 Å². The third-order valence-corrected chi connectivity index (χ3v) is 12.0. The molecule has 6 N–H and O–H groups in total. The van der Waals surface area contributed by atoms with E-state index in [9.17, 15) is 0 Å². The van der Waals surface area contributed by atoms with Crippen LogP contribution >= 0.6 is 17.2 Å². The molecule has 0 aromatic heterocycles. The second kappa shape index (κ2) is 25.9. The van der Waals surface area contributed by atoms with Crippen LogP contribution in [0.2, 0.25) is 0 Å². The first-order chi connectivity index (χ1) is 30.7. The van der Waals surface area contributed by atoms with Gasteiger partial charge < -0.3 is 29.4 Å². The third kappa shape index (κ3) is 24.7. The first-order valence-corrected chi connectivity index (χ1v) is 27.4. The molecule has 392 valence electrons. The van der Waals surface area contributed by atoms with Crippen molar-refractivity contribution in [3.63, 3.8) is 0 Å². The Morgan fingerprint density at radius 2 is 0.348 bits per heavy atom. The standard InChI is InChI=1S/2C28H42.C5H12.2H3O3P/c2*1-25(2,3)21-13-19(14-22(17-21)26(4,5)6)20-15-23(27(7,8)9)18-24(16-20)28(10,11)12;1-3-5-4-2;2*1-4(2)3/h2*13-18H,1-12H3;3-5H2,1-2H3;2*1-3H. The summed E-state index contributed by atoms with van der Waals surface area (Å²) in [5.74, 6) is 0. The molecule has 0 saturated carbocycles. The van der Waals surface area contributed by atoms with Gasteiger partial charge in [-0.3, -0.25) is 0 Å².